The van der Waals surface area contributed by atoms with Crippen LogP contribution in [0.25, 0.3) is 11.3 Å². The number of hydrogen-bond donors (Lipinski definition) is 2. The van der Waals surface area contributed by atoms with Crippen molar-refractivity contribution < 1.29 is 9.59 Å². The number of carbonyl (C=O) groups excluding carboxylic acids is 2. The van der Waals surface area contributed by atoms with E-state index >= 15 is 0 Å². The zero-order chi connectivity index (χ0) is 17.6. The van der Waals surface area contributed by atoms with E-state index < -0.39 is 5.91 Å². The average molecular weight is 333 g/mol. The second-order valence-corrected chi connectivity index (χ2v) is 5.25. The summed E-state index contributed by atoms with van der Waals surface area (Å²) in [6.45, 7) is 1.42. The van der Waals surface area contributed by atoms with Crippen LogP contribution in [0, 0.1) is 0 Å². The lowest BCUT2D eigenvalue weighted by molar-refractivity contribution is -0.114. The highest BCUT2D eigenvalue weighted by Crippen LogP contribution is 2.17. The molecule has 0 spiro atoms. The predicted octanol–water partition coefficient (Wildman–Crippen LogP) is 2.75. The molecule has 0 saturated carbocycles. The van der Waals surface area contributed by atoms with E-state index in [9.17, 15) is 9.59 Å². The lowest BCUT2D eigenvalue weighted by Gasteiger charge is -2.08. The molecule has 0 aliphatic carbocycles. The highest BCUT2D eigenvalue weighted by atomic mass is 16.2. The summed E-state index contributed by atoms with van der Waals surface area (Å²) in [5.74, 6) is -0.572. The number of pyridine rings is 1. The smallest absolute Gasteiger partial charge is 0.275 e. The molecule has 3 aromatic rings. The molecule has 0 radical (unpaired) electrons. The van der Waals surface area contributed by atoms with Crippen LogP contribution in [0.4, 0.5) is 11.4 Å². The molecule has 2 aromatic heterocycles. The van der Waals surface area contributed by atoms with Crippen molar-refractivity contribution in [2.75, 3.05) is 10.6 Å². The van der Waals surface area contributed by atoms with E-state index in [0.29, 0.717) is 17.1 Å². The monoisotopic (exact) mass is 333 g/mol. The summed E-state index contributed by atoms with van der Waals surface area (Å²) in [6, 6.07) is 10.5. The number of amides is 2. The Labute approximate surface area is 144 Å². The van der Waals surface area contributed by atoms with Crippen LogP contribution in [-0.2, 0) is 4.79 Å². The van der Waals surface area contributed by atoms with Gasteiger partial charge in [-0.2, -0.15) is 0 Å². The van der Waals surface area contributed by atoms with Gasteiger partial charge in [0, 0.05) is 36.3 Å². The minimum Gasteiger partial charge on any atom is -0.326 e. The molecule has 2 amide bonds. The second-order valence-electron chi connectivity index (χ2n) is 5.25. The lowest BCUT2D eigenvalue weighted by Crippen LogP contribution is -2.15. The predicted molar refractivity (Wildman–Crippen MR) is 94.0 cm³/mol. The van der Waals surface area contributed by atoms with Gasteiger partial charge >= 0.3 is 0 Å². The van der Waals surface area contributed by atoms with Gasteiger partial charge in [0.1, 0.15) is 5.69 Å². The Hall–Kier alpha value is -3.61. The molecule has 3 rings (SSSR count). The molecule has 7 heteroatoms. The fraction of sp³-hybridized carbons (Fsp3) is 0.0556. The highest BCUT2D eigenvalue weighted by Gasteiger charge is 2.11. The van der Waals surface area contributed by atoms with E-state index in [-0.39, 0.29) is 11.6 Å². The minimum absolute atomic E-state index is 0.182. The summed E-state index contributed by atoms with van der Waals surface area (Å²) in [5, 5.41) is 5.41. The highest BCUT2D eigenvalue weighted by molar-refractivity contribution is 6.03. The second kappa shape index (κ2) is 7.31. The Balaban J connectivity index is 1.79. The Morgan fingerprint density at radius 3 is 2.44 bits per heavy atom. The standard InChI is InChI=1S/C18H15N5O2/c1-12(24)21-14-5-2-6-15(8-14)22-18(25)17-11-20-10-16(23-17)13-4-3-7-19-9-13/h2-11H,1H3,(H,21,24)(H,22,25). The van der Waals surface area contributed by atoms with Crippen LogP contribution < -0.4 is 10.6 Å². The van der Waals surface area contributed by atoms with Crippen LogP contribution in [-0.4, -0.2) is 26.8 Å². The van der Waals surface area contributed by atoms with Gasteiger partial charge in [-0.25, -0.2) is 4.98 Å². The largest absolute Gasteiger partial charge is 0.326 e. The maximum Gasteiger partial charge on any atom is 0.275 e. The van der Waals surface area contributed by atoms with Gasteiger partial charge in [-0.15, -0.1) is 0 Å². The van der Waals surface area contributed by atoms with Crippen molar-refractivity contribution in [1.29, 1.82) is 0 Å². The molecule has 2 heterocycles. The third-order valence-corrected chi connectivity index (χ3v) is 3.27. The number of anilines is 2. The molecular weight excluding hydrogens is 318 g/mol. The molecule has 2 N–H and O–H groups in total. The molecule has 0 aliphatic rings. The minimum atomic E-state index is -0.391. The van der Waals surface area contributed by atoms with Crippen LogP contribution in [0.3, 0.4) is 0 Å². The molecule has 7 nitrogen and oxygen atoms in total. The van der Waals surface area contributed by atoms with Crippen molar-refractivity contribution in [2.45, 2.75) is 6.92 Å². The SMILES string of the molecule is CC(=O)Nc1cccc(NC(=O)c2cncc(-c3cccnc3)n2)c1. The van der Waals surface area contributed by atoms with Gasteiger partial charge in [-0.1, -0.05) is 6.07 Å². The molecular formula is C18H15N5O2. The van der Waals surface area contributed by atoms with E-state index in [1.807, 2.05) is 6.07 Å². The van der Waals surface area contributed by atoms with Crippen LogP contribution >= 0.6 is 0 Å². The number of hydrogen-bond acceptors (Lipinski definition) is 5. The molecule has 0 bridgehead atoms. The van der Waals surface area contributed by atoms with Gasteiger partial charge in [-0.3, -0.25) is 19.6 Å². The van der Waals surface area contributed by atoms with Crippen LogP contribution in [0.2, 0.25) is 0 Å². The molecule has 1 aromatic carbocycles. The molecule has 0 fully saturated rings. The van der Waals surface area contributed by atoms with Gasteiger partial charge in [0.15, 0.2) is 0 Å². The molecule has 0 aliphatic heterocycles. The van der Waals surface area contributed by atoms with Gasteiger partial charge in [0.05, 0.1) is 18.1 Å². The van der Waals surface area contributed by atoms with E-state index in [4.69, 9.17) is 0 Å². The summed E-state index contributed by atoms with van der Waals surface area (Å²) in [5.41, 5.74) is 2.67. The van der Waals surface area contributed by atoms with Gasteiger partial charge in [-0.05, 0) is 30.3 Å². The summed E-state index contributed by atoms with van der Waals surface area (Å²) in [4.78, 5) is 36.0. The fourth-order valence-corrected chi connectivity index (χ4v) is 2.20. The zero-order valence-corrected chi connectivity index (χ0v) is 13.4. The number of aromatic nitrogens is 3. The quantitative estimate of drug-likeness (QED) is 0.765. The first-order valence-corrected chi connectivity index (χ1v) is 7.53. The van der Waals surface area contributed by atoms with Crippen LogP contribution in [0.1, 0.15) is 17.4 Å². The first-order chi connectivity index (χ1) is 12.1. The number of rotatable bonds is 4. The maximum atomic E-state index is 12.4. The Morgan fingerprint density at radius 2 is 1.72 bits per heavy atom. The summed E-state index contributed by atoms with van der Waals surface area (Å²) < 4.78 is 0. The van der Waals surface area contributed by atoms with E-state index in [0.717, 1.165) is 5.56 Å². The van der Waals surface area contributed by atoms with Crippen molar-refractivity contribution in [3.05, 3.63) is 66.9 Å². The van der Waals surface area contributed by atoms with Gasteiger partial charge < -0.3 is 10.6 Å². The van der Waals surface area contributed by atoms with Crippen LogP contribution in [0.5, 0.6) is 0 Å². The third kappa shape index (κ3) is 4.23. The topological polar surface area (TPSA) is 96.9 Å². The zero-order valence-electron chi connectivity index (χ0n) is 13.4. The Kier molecular flexibility index (Phi) is 4.75. The first kappa shape index (κ1) is 16.3. The first-order valence-electron chi connectivity index (χ1n) is 7.53. The number of carbonyl (C=O) groups is 2. The molecule has 124 valence electrons. The summed E-state index contributed by atoms with van der Waals surface area (Å²) in [7, 11) is 0. The van der Waals surface area contributed by atoms with E-state index in [2.05, 4.69) is 25.6 Å². The number of benzene rings is 1. The van der Waals surface area contributed by atoms with Crippen molar-refractivity contribution >= 4 is 23.2 Å². The normalized spacial score (nSPS) is 10.1. The van der Waals surface area contributed by atoms with Crippen molar-refractivity contribution in [2.24, 2.45) is 0 Å². The molecule has 0 unspecified atom stereocenters. The number of nitrogens with zero attached hydrogens (tertiary/aromatic N) is 3. The lowest BCUT2D eigenvalue weighted by atomic mass is 10.2. The maximum absolute atomic E-state index is 12.4. The Bertz CT molecular complexity index is 912. The summed E-state index contributed by atoms with van der Waals surface area (Å²) in [6.07, 6.45) is 6.29. The van der Waals surface area contributed by atoms with Crippen LogP contribution in [0.15, 0.2) is 61.2 Å². The van der Waals surface area contributed by atoms with E-state index in [1.165, 1.54) is 13.1 Å². The molecule has 0 saturated heterocycles. The van der Waals surface area contributed by atoms with Gasteiger partial charge in [0.25, 0.3) is 5.91 Å². The number of nitrogens with one attached hydrogen (secondary N) is 2. The van der Waals surface area contributed by atoms with Gasteiger partial charge in [0.2, 0.25) is 5.91 Å². The average Bonchev–Trinajstić information content (AvgIpc) is 2.62. The van der Waals surface area contributed by atoms with Crippen molar-refractivity contribution in [3.8, 4) is 11.3 Å². The summed E-state index contributed by atoms with van der Waals surface area (Å²) >= 11 is 0. The third-order valence-electron chi connectivity index (χ3n) is 3.27. The Morgan fingerprint density at radius 1 is 0.920 bits per heavy atom. The molecule has 0 atom stereocenters. The fourth-order valence-electron chi connectivity index (χ4n) is 2.20. The van der Waals surface area contributed by atoms with Crippen molar-refractivity contribution in [3.63, 3.8) is 0 Å². The van der Waals surface area contributed by atoms with Crippen molar-refractivity contribution in [1.82, 2.24) is 15.0 Å². The van der Waals surface area contributed by atoms with E-state index in [1.54, 1.807) is 48.9 Å². The molecule has 25 heavy (non-hydrogen) atoms.